The van der Waals surface area contributed by atoms with E-state index >= 15 is 0 Å². The van der Waals surface area contributed by atoms with Crippen molar-refractivity contribution >= 4 is 44.6 Å². The van der Waals surface area contributed by atoms with Crippen LogP contribution in [-0.4, -0.2) is 28.1 Å². The molecule has 2 heterocycles. The fourth-order valence-electron chi connectivity index (χ4n) is 3.72. The molecule has 0 radical (unpaired) electrons. The maximum Gasteiger partial charge on any atom is 0.169 e. The highest BCUT2D eigenvalue weighted by Crippen LogP contribution is 2.36. The van der Waals surface area contributed by atoms with E-state index in [9.17, 15) is 4.39 Å². The summed E-state index contributed by atoms with van der Waals surface area (Å²) in [6.07, 6.45) is 2.04. The van der Waals surface area contributed by atoms with E-state index in [-0.39, 0.29) is 5.82 Å². The molecule has 1 fully saturated rings. The van der Waals surface area contributed by atoms with Gasteiger partial charge in [-0.15, -0.1) is 11.3 Å². The highest BCUT2D eigenvalue weighted by atomic mass is 79.9. The third-order valence-corrected chi connectivity index (χ3v) is 7.51. The van der Waals surface area contributed by atoms with Crippen LogP contribution in [0.25, 0.3) is 11.3 Å². The lowest BCUT2D eigenvalue weighted by Crippen LogP contribution is -2.43. The van der Waals surface area contributed by atoms with Gasteiger partial charge in [0.15, 0.2) is 5.11 Å². The molecule has 4 rings (SSSR count). The summed E-state index contributed by atoms with van der Waals surface area (Å²) in [6.45, 7) is 4.34. The molecule has 1 N–H and O–H groups in total. The van der Waals surface area contributed by atoms with Gasteiger partial charge in [0.05, 0.1) is 10.7 Å². The number of aromatic nitrogens is 1. The monoisotopic (exact) mass is 503 g/mol. The van der Waals surface area contributed by atoms with Gasteiger partial charge in [0, 0.05) is 46.0 Å². The average molecular weight is 504 g/mol. The molecule has 0 saturated carbocycles. The van der Waals surface area contributed by atoms with Crippen LogP contribution in [0.4, 0.5) is 4.39 Å². The second kappa shape index (κ2) is 9.54. The van der Waals surface area contributed by atoms with Gasteiger partial charge < -0.3 is 10.2 Å². The van der Waals surface area contributed by atoms with Gasteiger partial charge >= 0.3 is 0 Å². The van der Waals surface area contributed by atoms with Crippen molar-refractivity contribution in [1.82, 2.24) is 15.2 Å². The molecule has 0 amide bonds. The molecule has 30 heavy (non-hydrogen) atoms. The molecule has 3 aromatic rings. The van der Waals surface area contributed by atoms with E-state index < -0.39 is 0 Å². The Labute approximate surface area is 194 Å². The van der Waals surface area contributed by atoms with Crippen LogP contribution in [0.1, 0.15) is 34.2 Å². The number of likely N-dealkylation sites (tertiary alicyclic amines) is 1. The maximum atomic E-state index is 13.8. The number of rotatable bonds is 4. The predicted molar refractivity (Wildman–Crippen MR) is 129 cm³/mol. The zero-order chi connectivity index (χ0) is 21.1. The molecule has 0 unspecified atom stereocenters. The lowest BCUT2D eigenvalue weighted by atomic mass is 9.98. The molecule has 2 aromatic carbocycles. The summed E-state index contributed by atoms with van der Waals surface area (Å²) in [5.74, 6) is 0.260. The summed E-state index contributed by atoms with van der Waals surface area (Å²) in [7, 11) is 0. The number of hydrogen-bond acceptors (Lipinski definition) is 3. The van der Waals surface area contributed by atoms with Crippen molar-refractivity contribution in [3.8, 4) is 11.3 Å². The SMILES string of the molecule is Cc1sc(C2CCN(C(=S)NCc3ccccc3F)CC2)nc1-c1ccc(Br)cc1. The third kappa shape index (κ3) is 4.90. The van der Waals surface area contributed by atoms with Crippen molar-refractivity contribution < 1.29 is 4.39 Å². The maximum absolute atomic E-state index is 13.8. The molecule has 0 atom stereocenters. The fourth-order valence-corrected chi connectivity index (χ4v) is 5.35. The number of nitrogens with one attached hydrogen (secondary N) is 1. The van der Waals surface area contributed by atoms with E-state index in [2.05, 4.69) is 57.3 Å². The Morgan fingerprint density at radius 2 is 1.90 bits per heavy atom. The van der Waals surface area contributed by atoms with Crippen LogP contribution < -0.4 is 5.32 Å². The van der Waals surface area contributed by atoms with E-state index in [1.54, 1.807) is 12.1 Å². The molecule has 156 valence electrons. The number of thiocarbonyl (C=S) groups is 1. The topological polar surface area (TPSA) is 28.2 Å². The molecule has 1 aromatic heterocycles. The smallest absolute Gasteiger partial charge is 0.169 e. The lowest BCUT2D eigenvalue weighted by Gasteiger charge is -2.33. The molecule has 0 aliphatic carbocycles. The van der Waals surface area contributed by atoms with Crippen molar-refractivity contribution in [3.63, 3.8) is 0 Å². The first-order valence-corrected chi connectivity index (χ1v) is 12.0. The van der Waals surface area contributed by atoms with E-state index in [0.717, 1.165) is 41.7 Å². The highest BCUT2D eigenvalue weighted by molar-refractivity contribution is 9.10. The lowest BCUT2D eigenvalue weighted by molar-refractivity contribution is 0.309. The van der Waals surface area contributed by atoms with Crippen molar-refractivity contribution in [1.29, 1.82) is 0 Å². The van der Waals surface area contributed by atoms with Crippen LogP contribution in [0.2, 0.25) is 0 Å². The summed E-state index contributed by atoms with van der Waals surface area (Å²) in [6, 6.07) is 15.1. The second-order valence-corrected chi connectivity index (χ2v) is 10.0. The molecule has 0 spiro atoms. The normalized spacial score (nSPS) is 14.7. The molecule has 3 nitrogen and oxygen atoms in total. The number of piperidine rings is 1. The Balaban J connectivity index is 1.34. The van der Waals surface area contributed by atoms with Crippen LogP contribution >= 0.6 is 39.5 Å². The number of benzene rings is 2. The average Bonchev–Trinajstić information content (AvgIpc) is 3.15. The summed E-state index contributed by atoms with van der Waals surface area (Å²) in [5, 5.41) is 5.12. The van der Waals surface area contributed by atoms with Gasteiger partial charge in [0.1, 0.15) is 5.82 Å². The fraction of sp³-hybridized carbons (Fsp3) is 0.304. The van der Waals surface area contributed by atoms with E-state index in [4.69, 9.17) is 17.2 Å². The zero-order valence-electron chi connectivity index (χ0n) is 16.7. The predicted octanol–water partition coefficient (Wildman–Crippen LogP) is 6.27. The molecule has 1 aliphatic heterocycles. The zero-order valence-corrected chi connectivity index (χ0v) is 19.9. The van der Waals surface area contributed by atoms with Gasteiger partial charge in [-0.1, -0.05) is 46.3 Å². The Bertz CT molecular complexity index is 1030. The summed E-state index contributed by atoms with van der Waals surface area (Å²) < 4.78 is 14.9. The first kappa shape index (κ1) is 21.4. The van der Waals surface area contributed by atoms with E-state index in [1.165, 1.54) is 16.0 Å². The Morgan fingerprint density at radius 1 is 1.20 bits per heavy atom. The number of nitrogens with zero attached hydrogens (tertiary/aromatic N) is 2. The summed E-state index contributed by atoms with van der Waals surface area (Å²) >= 11 is 10.8. The standard InChI is InChI=1S/C23H23BrFN3S2/c1-15-21(16-6-8-19(24)9-7-16)27-22(30-15)17-10-12-28(13-11-17)23(29)26-14-18-4-2-3-5-20(18)25/h2-9,17H,10-14H2,1H3,(H,26,29). The Kier molecular flexibility index (Phi) is 6.80. The molecule has 1 saturated heterocycles. The summed E-state index contributed by atoms with van der Waals surface area (Å²) in [5.41, 5.74) is 2.88. The summed E-state index contributed by atoms with van der Waals surface area (Å²) in [4.78, 5) is 8.43. The Morgan fingerprint density at radius 3 is 2.60 bits per heavy atom. The molecule has 1 aliphatic rings. The van der Waals surface area contributed by atoms with Gasteiger partial charge in [-0.25, -0.2) is 9.37 Å². The number of halogens is 2. The van der Waals surface area contributed by atoms with Crippen LogP contribution in [-0.2, 0) is 6.54 Å². The van der Waals surface area contributed by atoms with Gasteiger partial charge in [0.2, 0.25) is 0 Å². The van der Waals surface area contributed by atoms with Crippen LogP contribution in [0, 0.1) is 12.7 Å². The van der Waals surface area contributed by atoms with Crippen LogP contribution in [0.5, 0.6) is 0 Å². The van der Waals surface area contributed by atoms with Gasteiger partial charge in [-0.2, -0.15) is 0 Å². The molecular weight excluding hydrogens is 481 g/mol. The molecular formula is C23H23BrFN3S2. The quantitative estimate of drug-likeness (QED) is 0.424. The van der Waals surface area contributed by atoms with Gasteiger partial charge in [-0.3, -0.25) is 0 Å². The van der Waals surface area contributed by atoms with Gasteiger partial charge in [0.25, 0.3) is 0 Å². The van der Waals surface area contributed by atoms with E-state index in [0.29, 0.717) is 23.1 Å². The third-order valence-electron chi connectivity index (χ3n) is 5.45. The first-order valence-electron chi connectivity index (χ1n) is 10.0. The molecule has 7 heteroatoms. The van der Waals surface area contributed by atoms with E-state index in [1.807, 2.05) is 17.4 Å². The van der Waals surface area contributed by atoms with Crippen LogP contribution in [0.3, 0.4) is 0 Å². The molecule has 0 bridgehead atoms. The van der Waals surface area contributed by atoms with Crippen molar-refractivity contribution in [3.05, 3.63) is 74.3 Å². The number of hydrogen-bond donors (Lipinski definition) is 1. The highest BCUT2D eigenvalue weighted by Gasteiger charge is 2.25. The van der Waals surface area contributed by atoms with Crippen molar-refractivity contribution in [2.24, 2.45) is 0 Å². The minimum absolute atomic E-state index is 0.202. The largest absolute Gasteiger partial charge is 0.358 e. The Hall–Kier alpha value is -1.83. The second-order valence-electron chi connectivity index (χ2n) is 7.48. The van der Waals surface area contributed by atoms with Crippen LogP contribution in [0.15, 0.2) is 53.0 Å². The number of aryl methyl sites for hydroxylation is 1. The van der Waals surface area contributed by atoms with Crippen molar-refractivity contribution in [2.75, 3.05) is 13.1 Å². The minimum Gasteiger partial charge on any atom is -0.358 e. The van der Waals surface area contributed by atoms with Crippen molar-refractivity contribution in [2.45, 2.75) is 32.2 Å². The first-order chi connectivity index (χ1) is 14.5. The number of thiazole rings is 1. The minimum atomic E-state index is -0.202. The van der Waals surface area contributed by atoms with Gasteiger partial charge in [-0.05, 0) is 50.2 Å².